The molecule has 0 unspecified atom stereocenters. The molecular weight excluding hydrogens is 438 g/mol. The van der Waals surface area contributed by atoms with Crippen LogP contribution in [0, 0.1) is 22.7 Å². The number of H-pyrrole nitrogens is 1. The minimum atomic E-state index is 0.0483. The Morgan fingerprint density at radius 2 is 2.17 bits per heavy atom. The van der Waals surface area contributed by atoms with Gasteiger partial charge in [-0.3, -0.25) is 5.10 Å². The Hall–Kier alpha value is -2.55. The van der Waals surface area contributed by atoms with Gasteiger partial charge in [-0.2, -0.15) is 15.6 Å². The fourth-order valence-corrected chi connectivity index (χ4v) is 3.33. The molecule has 1 aromatic heterocycles. The topological polar surface area (TPSA) is 112 Å². The van der Waals surface area contributed by atoms with Crippen molar-refractivity contribution in [2.24, 2.45) is 0 Å². The van der Waals surface area contributed by atoms with Crippen molar-refractivity contribution in [3.05, 3.63) is 50.6 Å². The molecule has 6 nitrogen and oxygen atoms in total. The number of anilines is 1. The van der Waals surface area contributed by atoms with Gasteiger partial charge >= 0.3 is 0 Å². The predicted molar refractivity (Wildman–Crippen MR) is 98.7 cm³/mol. The number of aromatic nitrogens is 2. The minimum Gasteiger partial charge on any atom is -0.488 e. The van der Waals surface area contributed by atoms with E-state index in [4.69, 9.17) is 10.5 Å². The average molecular weight is 449 g/mol. The van der Waals surface area contributed by atoms with Crippen LogP contribution in [-0.2, 0) is 0 Å². The van der Waals surface area contributed by atoms with Gasteiger partial charge in [0.25, 0.3) is 0 Å². The highest BCUT2D eigenvalue weighted by Crippen LogP contribution is 2.35. The third kappa shape index (κ3) is 3.67. The first-order chi connectivity index (χ1) is 11.5. The number of benzene rings is 1. The summed E-state index contributed by atoms with van der Waals surface area (Å²) in [5.41, 5.74) is 6.88. The van der Waals surface area contributed by atoms with Crippen molar-refractivity contribution in [3.8, 4) is 17.9 Å². The number of nitrogens with two attached hydrogens (primary N) is 1. The van der Waals surface area contributed by atoms with Crippen LogP contribution in [0.5, 0.6) is 5.75 Å². The molecule has 24 heavy (non-hydrogen) atoms. The number of ether oxygens (including phenoxy) is 1. The molecule has 0 spiro atoms. The van der Waals surface area contributed by atoms with Crippen LogP contribution in [0.3, 0.4) is 0 Å². The maximum absolute atomic E-state index is 9.48. The third-order valence-electron chi connectivity index (χ3n) is 2.98. The summed E-state index contributed by atoms with van der Waals surface area (Å²) in [6.07, 6.45) is 3.22. The average Bonchev–Trinajstić information content (AvgIpc) is 2.92. The lowest BCUT2D eigenvalue weighted by atomic mass is 10.1. The van der Waals surface area contributed by atoms with E-state index in [9.17, 15) is 10.5 Å². The zero-order valence-electron chi connectivity index (χ0n) is 12.3. The zero-order chi connectivity index (χ0) is 17.7. The SMILES string of the molecule is C=CCOc1c(Br)cc(Br)cc1/C=C(\C#N)c1[nH]nc(N)c1C#N. The molecule has 0 bridgehead atoms. The van der Waals surface area contributed by atoms with Gasteiger partial charge in [0, 0.05) is 10.0 Å². The van der Waals surface area contributed by atoms with Crippen LogP contribution in [0.2, 0.25) is 0 Å². The Labute approximate surface area is 155 Å². The Morgan fingerprint density at radius 3 is 2.79 bits per heavy atom. The number of nitrogen functional groups attached to an aromatic ring is 1. The van der Waals surface area contributed by atoms with Gasteiger partial charge in [-0.25, -0.2) is 0 Å². The van der Waals surface area contributed by atoms with E-state index < -0.39 is 0 Å². The Balaban J connectivity index is 2.61. The van der Waals surface area contributed by atoms with E-state index in [1.54, 1.807) is 18.2 Å². The van der Waals surface area contributed by atoms with Gasteiger partial charge < -0.3 is 10.5 Å². The smallest absolute Gasteiger partial charge is 0.163 e. The summed E-state index contributed by atoms with van der Waals surface area (Å²) in [5.74, 6) is 0.601. The molecule has 0 aliphatic rings. The molecule has 0 aliphatic heterocycles. The second-order valence-electron chi connectivity index (χ2n) is 4.55. The first kappa shape index (κ1) is 17.8. The zero-order valence-corrected chi connectivity index (χ0v) is 15.5. The summed E-state index contributed by atoms with van der Waals surface area (Å²) in [5, 5.41) is 25.1. The number of aromatic amines is 1. The van der Waals surface area contributed by atoms with Crippen molar-refractivity contribution in [3.63, 3.8) is 0 Å². The van der Waals surface area contributed by atoms with Crippen molar-refractivity contribution in [1.29, 1.82) is 10.5 Å². The van der Waals surface area contributed by atoms with Crippen LogP contribution in [0.1, 0.15) is 16.8 Å². The van der Waals surface area contributed by atoms with Crippen molar-refractivity contribution >= 4 is 49.3 Å². The van der Waals surface area contributed by atoms with Gasteiger partial charge in [-0.15, -0.1) is 0 Å². The van der Waals surface area contributed by atoms with E-state index in [0.717, 1.165) is 4.47 Å². The fourth-order valence-electron chi connectivity index (χ4n) is 1.96. The second-order valence-corrected chi connectivity index (χ2v) is 6.32. The third-order valence-corrected chi connectivity index (χ3v) is 4.03. The van der Waals surface area contributed by atoms with Crippen molar-refractivity contribution in [1.82, 2.24) is 10.2 Å². The van der Waals surface area contributed by atoms with E-state index in [-0.39, 0.29) is 22.6 Å². The first-order valence-electron chi connectivity index (χ1n) is 6.60. The Bertz CT molecular complexity index is 902. The lowest BCUT2D eigenvalue weighted by Gasteiger charge is -2.11. The summed E-state index contributed by atoms with van der Waals surface area (Å²) in [4.78, 5) is 0. The lowest BCUT2D eigenvalue weighted by molar-refractivity contribution is 0.360. The quantitative estimate of drug-likeness (QED) is 0.529. The van der Waals surface area contributed by atoms with Crippen LogP contribution >= 0.6 is 31.9 Å². The second kappa shape index (κ2) is 7.82. The van der Waals surface area contributed by atoms with E-state index >= 15 is 0 Å². The number of allylic oxidation sites excluding steroid dienone is 1. The number of nitriles is 2. The van der Waals surface area contributed by atoms with E-state index in [2.05, 4.69) is 54.7 Å². The normalized spacial score (nSPS) is 10.8. The first-order valence-corrected chi connectivity index (χ1v) is 8.19. The molecule has 2 aromatic rings. The van der Waals surface area contributed by atoms with Crippen LogP contribution in [-0.4, -0.2) is 16.8 Å². The number of nitrogens with one attached hydrogen (secondary N) is 1. The molecule has 0 amide bonds. The molecule has 0 saturated heterocycles. The highest BCUT2D eigenvalue weighted by Gasteiger charge is 2.16. The summed E-state index contributed by atoms with van der Waals surface area (Å²) >= 11 is 6.84. The summed E-state index contributed by atoms with van der Waals surface area (Å²) in [6.45, 7) is 3.93. The molecule has 1 heterocycles. The highest BCUT2D eigenvalue weighted by atomic mass is 79.9. The molecule has 8 heteroatoms. The standard InChI is InChI=1S/C16H11Br2N5O/c1-2-3-24-15-9(5-11(17)6-13(15)18)4-10(7-19)14-12(8-20)16(21)23-22-14/h2,4-6H,1,3H2,(H3,21,22,23)/b10-4+. The van der Waals surface area contributed by atoms with Crippen molar-refractivity contribution < 1.29 is 4.74 Å². The summed E-state index contributed by atoms with van der Waals surface area (Å²) in [7, 11) is 0. The van der Waals surface area contributed by atoms with Crippen molar-refractivity contribution in [2.75, 3.05) is 12.3 Å². The molecule has 0 fully saturated rings. The van der Waals surface area contributed by atoms with Crippen LogP contribution < -0.4 is 10.5 Å². The van der Waals surface area contributed by atoms with Gasteiger partial charge in [0.15, 0.2) is 5.82 Å². The number of halogens is 2. The monoisotopic (exact) mass is 447 g/mol. The minimum absolute atomic E-state index is 0.0483. The van der Waals surface area contributed by atoms with Crippen LogP contribution in [0.4, 0.5) is 5.82 Å². The number of hydrogen-bond donors (Lipinski definition) is 2. The van der Waals surface area contributed by atoms with Gasteiger partial charge in [-0.1, -0.05) is 28.6 Å². The van der Waals surface area contributed by atoms with E-state index in [1.807, 2.05) is 12.1 Å². The molecule has 0 atom stereocenters. The van der Waals surface area contributed by atoms with Crippen LogP contribution in [0.15, 0.2) is 33.7 Å². The lowest BCUT2D eigenvalue weighted by Crippen LogP contribution is -1.97. The summed E-state index contributed by atoms with van der Waals surface area (Å²) in [6, 6.07) is 7.62. The maximum Gasteiger partial charge on any atom is 0.163 e. The number of nitrogens with zero attached hydrogens (tertiary/aromatic N) is 3. The maximum atomic E-state index is 9.48. The molecule has 0 radical (unpaired) electrons. The van der Waals surface area contributed by atoms with Crippen LogP contribution in [0.25, 0.3) is 11.6 Å². The van der Waals surface area contributed by atoms with Gasteiger partial charge in [0.2, 0.25) is 0 Å². The Kier molecular flexibility index (Phi) is 5.80. The largest absolute Gasteiger partial charge is 0.488 e. The van der Waals surface area contributed by atoms with Gasteiger partial charge in [-0.05, 0) is 34.1 Å². The molecule has 2 rings (SSSR count). The van der Waals surface area contributed by atoms with Crippen molar-refractivity contribution in [2.45, 2.75) is 0 Å². The fraction of sp³-hybridized carbons (Fsp3) is 0.0625. The Morgan fingerprint density at radius 1 is 1.42 bits per heavy atom. The molecule has 0 saturated carbocycles. The predicted octanol–water partition coefficient (Wildman–Crippen LogP) is 4.02. The van der Waals surface area contributed by atoms with E-state index in [1.165, 1.54) is 0 Å². The molecule has 3 N–H and O–H groups in total. The van der Waals surface area contributed by atoms with Gasteiger partial charge in [0.1, 0.15) is 30.1 Å². The molecule has 0 aliphatic carbocycles. The van der Waals surface area contributed by atoms with E-state index in [0.29, 0.717) is 22.4 Å². The van der Waals surface area contributed by atoms with Gasteiger partial charge in [0.05, 0.1) is 15.7 Å². The molecule has 120 valence electrons. The number of rotatable bonds is 5. The molecule has 1 aromatic carbocycles. The summed E-state index contributed by atoms with van der Waals surface area (Å²) < 4.78 is 7.17. The highest BCUT2D eigenvalue weighted by molar-refractivity contribution is 9.11. The molecular formula is C16H11Br2N5O. The number of hydrogen-bond acceptors (Lipinski definition) is 5.